The molecule has 2 fully saturated rings. The number of amides is 2. The first-order valence-corrected chi connectivity index (χ1v) is 9.12. The summed E-state index contributed by atoms with van der Waals surface area (Å²) in [5.41, 5.74) is 1.94. The van der Waals surface area contributed by atoms with Gasteiger partial charge in [-0.2, -0.15) is 0 Å². The third-order valence-corrected chi connectivity index (χ3v) is 5.07. The number of hydrogen-bond donors (Lipinski definition) is 1. The van der Waals surface area contributed by atoms with Crippen molar-refractivity contribution in [3.8, 4) is 0 Å². The van der Waals surface area contributed by atoms with Gasteiger partial charge < -0.3 is 19.9 Å². The number of piperazine rings is 1. The second-order valence-electron chi connectivity index (χ2n) is 6.68. The molecule has 25 heavy (non-hydrogen) atoms. The maximum Gasteiger partial charge on any atom is 0.253 e. The molecule has 0 saturated carbocycles. The van der Waals surface area contributed by atoms with Crippen LogP contribution in [0.3, 0.4) is 0 Å². The standard InChI is InChI=1S/C19H27N3O3/c1-3-15-4-6-16(7-5-15)18(23)21-9-11-22(12-10-21)19(24)17-14(2)25-13-8-20-17/h4-7,14,17,20H,3,8-13H2,1-2H3/t14-,17+/m1/s1. The lowest BCUT2D eigenvalue weighted by atomic mass is 10.1. The van der Waals surface area contributed by atoms with Crippen LogP contribution in [0.5, 0.6) is 0 Å². The van der Waals surface area contributed by atoms with Crippen LogP contribution in [0, 0.1) is 0 Å². The van der Waals surface area contributed by atoms with E-state index in [1.807, 2.05) is 41.0 Å². The molecule has 136 valence electrons. The molecule has 1 aromatic carbocycles. The summed E-state index contributed by atoms with van der Waals surface area (Å²) in [5.74, 6) is 0.119. The molecule has 0 radical (unpaired) electrons. The van der Waals surface area contributed by atoms with Gasteiger partial charge in [-0.1, -0.05) is 19.1 Å². The number of hydrogen-bond acceptors (Lipinski definition) is 4. The van der Waals surface area contributed by atoms with E-state index >= 15 is 0 Å². The summed E-state index contributed by atoms with van der Waals surface area (Å²) in [6, 6.07) is 7.51. The third-order valence-electron chi connectivity index (χ3n) is 5.07. The van der Waals surface area contributed by atoms with Gasteiger partial charge in [-0.25, -0.2) is 0 Å². The minimum absolute atomic E-state index is 0.0437. The minimum atomic E-state index is -0.280. The lowest BCUT2D eigenvalue weighted by Gasteiger charge is -2.38. The molecular formula is C19H27N3O3. The average molecular weight is 345 g/mol. The third kappa shape index (κ3) is 4.02. The molecule has 0 unspecified atom stereocenters. The summed E-state index contributed by atoms with van der Waals surface area (Å²) < 4.78 is 5.56. The first kappa shape index (κ1) is 17.9. The van der Waals surface area contributed by atoms with E-state index in [9.17, 15) is 9.59 Å². The van der Waals surface area contributed by atoms with Crippen LogP contribution in [0.4, 0.5) is 0 Å². The summed E-state index contributed by atoms with van der Waals surface area (Å²) >= 11 is 0. The zero-order valence-corrected chi connectivity index (χ0v) is 15.0. The van der Waals surface area contributed by atoms with Crippen LogP contribution in [-0.2, 0) is 16.0 Å². The monoisotopic (exact) mass is 345 g/mol. The molecule has 0 bridgehead atoms. The highest BCUT2D eigenvalue weighted by Gasteiger charge is 2.33. The van der Waals surface area contributed by atoms with Crippen LogP contribution < -0.4 is 5.32 Å². The Kier molecular flexibility index (Phi) is 5.71. The zero-order chi connectivity index (χ0) is 17.8. The first-order valence-electron chi connectivity index (χ1n) is 9.12. The van der Waals surface area contributed by atoms with Crippen LogP contribution in [0.2, 0.25) is 0 Å². The minimum Gasteiger partial charge on any atom is -0.375 e. The Balaban J connectivity index is 1.55. The summed E-state index contributed by atoms with van der Waals surface area (Å²) in [7, 11) is 0. The lowest BCUT2D eigenvalue weighted by Crippen LogP contribution is -2.60. The van der Waals surface area contributed by atoms with Crippen molar-refractivity contribution >= 4 is 11.8 Å². The molecule has 0 spiro atoms. The summed E-state index contributed by atoms with van der Waals surface area (Å²) in [5, 5.41) is 3.24. The number of carbonyl (C=O) groups is 2. The molecule has 0 aliphatic carbocycles. The van der Waals surface area contributed by atoms with Crippen LogP contribution >= 0.6 is 0 Å². The number of benzene rings is 1. The van der Waals surface area contributed by atoms with Crippen molar-refractivity contribution in [3.63, 3.8) is 0 Å². The number of nitrogens with zero attached hydrogens (tertiary/aromatic N) is 2. The van der Waals surface area contributed by atoms with E-state index < -0.39 is 0 Å². The van der Waals surface area contributed by atoms with Crippen molar-refractivity contribution in [2.75, 3.05) is 39.3 Å². The molecule has 2 heterocycles. The fourth-order valence-corrected chi connectivity index (χ4v) is 3.40. The number of rotatable bonds is 3. The van der Waals surface area contributed by atoms with Gasteiger partial charge >= 0.3 is 0 Å². The maximum atomic E-state index is 12.7. The van der Waals surface area contributed by atoms with Crippen LogP contribution in [0.25, 0.3) is 0 Å². The molecular weight excluding hydrogens is 318 g/mol. The smallest absolute Gasteiger partial charge is 0.253 e. The molecule has 1 aromatic rings. The van der Waals surface area contributed by atoms with E-state index in [4.69, 9.17) is 4.74 Å². The van der Waals surface area contributed by atoms with Crippen molar-refractivity contribution in [1.82, 2.24) is 15.1 Å². The van der Waals surface area contributed by atoms with Gasteiger partial charge in [0.25, 0.3) is 5.91 Å². The molecule has 3 rings (SSSR count). The Labute approximate surface area is 149 Å². The van der Waals surface area contributed by atoms with Gasteiger partial charge in [-0.15, -0.1) is 0 Å². The highest BCUT2D eigenvalue weighted by atomic mass is 16.5. The van der Waals surface area contributed by atoms with Gasteiger partial charge in [0.2, 0.25) is 5.91 Å². The van der Waals surface area contributed by atoms with Gasteiger partial charge in [0, 0.05) is 38.3 Å². The molecule has 6 heteroatoms. The highest BCUT2D eigenvalue weighted by molar-refractivity contribution is 5.94. The SMILES string of the molecule is CCc1ccc(C(=O)N2CCN(C(=O)[C@H]3NCCO[C@@H]3C)CC2)cc1. The summed E-state index contributed by atoms with van der Waals surface area (Å²) in [6.45, 7) is 7.65. The van der Waals surface area contributed by atoms with Crippen molar-refractivity contribution in [2.24, 2.45) is 0 Å². The van der Waals surface area contributed by atoms with Crippen LogP contribution in [-0.4, -0.2) is 73.1 Å². The van der Waals surface area contributed by atoms with Gasteiger partial charge in [-0.05, 0) is 31.0 Å². The average Bonchev–Trinajstić information content (AvgIpc) is 2.67. The van der Waals surface area contributed by atoms with E-state index in [0.29, 0.717) is 44.9 Å². The Morgan fingerprint density at radius 1 is 1.12 bits per heavy atom. The van der Waals surface area contributed by atoms with E-state index in [2.05, 4.69) is 12.2 Å². The number of aryl methyl sites for hydroxylation is 1. The molecule has 2 saturated heterocycles. The topological polar surface area (TPSA) is 61.9 Å². The van der Waals surface area contributed by atoms with Gasteiger partial charge in [0.15, 0.2) is 0 Å². The summed E-state index contributed by atoms with van der Waals surface area (Å²) in [6.07, 6.45) is 0.852. The Bertz CT molecular complexity index is 609. The number of nitrogens with one attached hydrogen (secondary N) is 1. The molecule has 2 atom stereocenters. The van der Waals surface area contributed by atoms with Crippen molar-refractivity contribution in [2.45, 2.75) is 32.4 Å². The maximum absolute atomic E-state index is 12.7. The van der Waals surface area contributed by atoms with Crippen molar-refractivity contribution < 1.29 is 14.3 Å². The Morgan fingerprint density at radius 2 is 1.76 bits per heavy atom. The number of carbonyl (C=O) groups excluding carboxylic acids is 2. The molecule has 2 aliphatic rings. The predicted octanol–water partition coefficient (Wildman–Crippen LogP) is 0.910. The Hall–Kier alpha value is -1.92. The predicted molar refractivity (Wildman–Crippen MR) is 95.5 cm³/mol. The highest BCUT2D eigenvalue weighted by Crippen LogP contribution is 2.13. The number of morpholine rings is 1. The molecule has 1 N–H and O–H groups in total. The van der Waals surface area contributed by atoms with Crippen LogP contribution in [0.15, 0.2) is 24.3 Å². The Morgan fingerprint density at radius 3 is 2.36 bits per heavy atom. The van der Waals surface area contributed by atoms with E-state index in [-0.39, 0.29) is 24.0 Å². The molecule has 0 aromatic heterocycles. The van der Waals surface area contributed by atoms with E-state index in [0.717, 1.165) is 6.42 Å². The summed E-state index contributed by atoms with van der Waals surface area (Å²) in [4.78, 5) is 29.0. The second-order valence-corrected chi connectivity index (χ2v) is 6.68. The number of ether oxygens (including phenoxy) is 1. The molecule has 2 aliphatic heterocycles. The second kappa shape index (κ2) is 7.97. The molecule has 2 amide bonds. The molecule has 6 nitrogen and oxygen atoms in total. The van der Waals surface area contributed by atoms with E-state index in [1.54, 1.807) is 0 Å². The van der Waals surface area contributed by atoms with Gasteiger partial charge in [-0.3, -0.25) is 9.59 Å². The zero-order valence-electron chi connectivity index (χ0n) is 15.0. The lowest BCUT2D eigenvalue weighted by molar-refractivity contribution is -0.140. The largest absolute Gasteiger partial charge is 0.375 e. The fraction of sp³-hybridized carbons (Fsp3) is 0.579. The van der Waals surface area contributed by atoms with Crippen molar-refractivity contribution in [1.29, 1.82) is 0 Å². The van der Waals surface area contributed by atoms with Gasteiger partial charge in [0.05, 0.1) is 12.7 Å². The normalized spacial score (nSPS) is 24.2. The van der Waals surface area contributed by atoms with E-state index in [1.165, 1.54) is 5.56 Å². The fourth-order valence-electron chi connectivity index (χ4n) is 3.40. The quantitative estimate of drug-likeness (QED) is 0.885. The van der Waals surface area contributed by atoms with Crippen LogP contribution in [0.1, 0.15) is 29.8 Å². The first-order chi connectivity index (χ1) is 12.1. The van der Waals surface area contributed by atoms with Crippen molar-refractivity contribution in [3.05, 3.63) is 35.4 Å². The van der Waals surface area contributed by atoms with Gasteiger partial charge in [0.1, 0.15) is 6.04 Å².